The molecule has 0 radical (unpaired) electrons. The van der Waals surface area contributed by atoms with Gasteiger partial charge in [-0.1, -0.05) is 31.9 Å². The van der Waals surface area contributed by atoms with Crippen LogP contribution in [0.1, 0.15) is 32.6 Å². The van der Waals surface area contributed by atoms with Crippen LogP contribution in [-0.2, 0) is 0 Å². The quantitative estimate of drug-likeness (QED) is 0.870. The van der Waals surface area contributed by atoms with Crippen molar-refractivity contribution >= 4 is 5.69 Å². The minimum Gasteiger partial charge on any atom is -0.404 e. The highest BCUT2D eigenvalue weighted by Crippen LogP contribution is 2.33. The van der Waals surface area contributed by atoms with Crippen LogP contribution in [0.25, 0.3) is 0 Å². The Morgan fingerprint density at radius 2 is 1.84 bits per heavy atom. The highest BCUT2D eigenvalue weighted by molar-refractivity contribution is 5.56. The second kappa shape index (κ2) is 5.72. The number of rotatable bonds is 3. The lowest BCUT2D eigenvalue weighted by atomic mass is 9.86. The molecule has 1 saturated carbocycles. The summed E-state index contributed by atoms with van der Waals surface area (Å²) in [5, 5.41) is 3.20. The van der Waals surface area contributed by atoms with Crippen LogP contribution in [-0.4, -0.2) is 12.4 Å². The first-order valence-electron chi connectivity index (χ1n) is 6.57. The Balaban J connectivity index is 2.11. The Bertz CT molecular complexity index is 419. The van der Waals surface area contributed by atoms with E-state index >= 15 is 0 Å². The summed E-state index contributed by atoms with van der Waals surface area (Å²) in [4.78, 5) is 0. The van der Waals surface area contributed by atoms with Gasteiger partial charge in [-0.3, -0.25) is 0 Å². The lowest BCUT2D eigenvalue weighted by molar-refractivity contribution is -0.274. The number of para-hydroxylation sites is 2. The summed E-state index contributed by atoms with van der Waals surface area (Å²) in [6, 6.07) is 6.42. The van der Waals surface area contributed by atoms with E-state index in [0.717, 1.165) is 19.3 Å². The molecular weight excluding hydrogens is 255 g/mol. The Hall–Kier alpha value is -1.39. The van der Waals surface area contributed by atoms with E-state index in [1.165, 1.54) is 18.6 Å². The van der Waals surface area contributed by atoms with Crippen molar-refractivity contribution in [2.24, 2.45) is 5.92 Å². The predicted molar refractivity (Wildman–Crippen MR) is 68.2 cm³/mol. The summed E-state index contributed by atoms with van der Waals surface area (Å²) >= 11 is 0. The highest BCUT2D eigenvalue weighted by atomic mass is 19.4. The van der Waals surface area contributed by atoms with E-state index < -0.39 is 6.36 Å². The molecule has 0 bridgehead atoms. The molecule has 1 N–H and O–H groups in total. The van der Waals surface area contributed by atoms with Crippen molar-refractivity contribution in [3.05, 3.63) is 24.3 Å². The second-order valence-electron chi connectivity index (χ2n) is 5.06. The summed E-state index contributed by atoms with van der Waals surface area (Å²) in [7, 11) is 0. The molecule has 1 aromatic carbocycles. The molecule has 0 aromatic heterocycles. The van der Waals surface area contributed by atoms with Gasteiger partial charge in [0.2, 0.25) is 0 Å². The number of halogens is 3. The third-order valence-electron chi connectivity index (χ3n) is 3.57. The standard InChI is InChI=1S/C14H18F3NO/c1-10-6-2-3-7-11(10)18-12-8-4-5-9-13(12)19-14(15,16)17/h4-5,8-11,18H,2-3,6-7H2,1H3. The van der Waals surface area contributed by atoms with Gasteiger partial charge in [0.15, 0.2) is 5.75 Å². The van der Waals surface area contributed by atoms with Crippen LogP contribution < -0.4 is 10.1 Å². The Kier molecular flexibility index (Phi) is 4.22. The first-order chi connectivity index (χ1) is 8.96. The third-order valence-corrected chi connectivity index (χ3v) is 3.57. The van der Waals surface area contributed by atoms with Crippen LogP contribution in [0.4, 0.5) is 18.9 Å². The largest absolute Gasteiger partial charge is 0.573 e. The van der Waals surface area contributed by atoms with Gasteiger partial charge in [0.25, 0.3) is 0 Å². The van der Waals surface area contributed by atoms with E-state index in [-0.39, 0.29) is 11.8 Å². The van der Waals surface area contributed by atoms with Crippen LogP contribution in [0.5, 0.6) is 5.75 Å². The molecule has 0 spiro atoms. The molecule has 5 heteroatoms. The molecular formula is C14H18F3NO. The fraction of sp³-hybridized carbons (Fsp3) is 0.571. The zero-order chi connectivity index (χ0) is 13.9. The maximum atomic E-state index is 12.3. The van der Waals surface area contributed by atoms with Gasteiger partial charge < -0.3 is 10.1 Å². The van der Waals surface area contributed by atoms with Gasteiger partial charge >= 0.3 is 6.36 Å². The van der Waals surface area contributed by atoms with Crippen molar-refractivity contribution in [3.63, 3.8) is 0 Å². The summed E-state index contributed by atoms with van der Waals surface area (Å²) in [5.41, 5.74) is 0.415. The first-order valence-corrected chi connectivity index (χ1v) is 6.57. The summed E-state index contributed by atoms with van der Waals surface area (Å²) in [6.45, 7) is 2.13. The molecule has 1 fully saturated rings. The van der Waals surface area contributed by atoms with E-state index in [1.807, 2.05) is 0 Å². The van der Waals surface area contributed by atoms with Crippen LogP contribution >= 0.6 is 0 Å². The van der Waals surface area contributed by atoms with E-state index in [4.69, 9.17) is 0 Å². The fourth-order valence-electron chi connectivity index (χ4n) is 2.53. The molecule has 0 amide bonds. The maximum Gasteiger partial charge on any atom is 0.573 e. The molecule has 2 unspecified atom stereocenters. The van der Waals surface area contributed by atoms with Gasteiger partial charge in [0, 0.05) is 6.04 Å². The maximum absolute atomic E-state index is 12.3. The van der Waals surface area contributed by atoms with Crippen LogP contribution in [0.3, 0.4) is 0 Å². The van der Waals surface area contributed by atoms with Gasteiger partial charge in [0.05, 0.1) is 5.69 Å². The van der Waals surface area contributed by atoms with Crippen molar-refractivity contribution in [2.45, 2.75) is 45.0 Å². The van der Waals surface area contributed by atoms with Crippen LogP contribution in [0.15, 0.2) is 24.3 Å². The topological polar surface area (TPSA) is 21.3 Å². The zero-order valence-corrected chi connectivity index (χ0v) is 10.8. The van der Waals surface area contributed by atoms with Gasteiger partial charge in [-0.15, -0.1) is 13.2 Å². The SMILES string of the molecule is CC1CCCCC1Nc1ccccc1OC(F)(F)F. The Morgan fingerprint density at radius 3 is 2.53 bits per heavy atom. The van der Waals surface area contributed by atoms with Crippen molar-refractivity contribution < 1.29 is 17.9 Å². The van der Waals surface area contributed by atoms with Gasteiger partial charge in [0.1, 0.15) is 0 Å². The van der Waals surface area contributed by atoms with E-state index in [0.29, 0.717) is 11.6 Å². The van der Waals surface area contributed by atoms with Crippen molar-refractivity contribution in [2.75, 3.05) is 5.32 Å². The number of hydrogen-bond donors (Lipinski definition) is 1. The normalized spacial score (nSPS) is 24.0. The van der Waals surface area contributed by atoms with E-state index in [9.17, 15) is 13.2 Å². The second-order valence-corrected chi connectivity index (χ2v) is 5.06. The average Bonchev–Trinajstić information content (AvgIpc) is 2.33. The molecule has 2 nitrogen and oxygen atoms in total. The first kappa shape index (κ1) is 14.0. The van der Waals surface area contributed by atoms with Crippen LogP contribution in [0.2, 0.25) is 0 Å². The minimum atomic E-state index is -4.66. The molecule has 0 heterocycles. The average molecular weight is 273 g/mol. The van der Waals surface area contributed by atoms with Gasteiger partial charge in [-0.25, -0.2) is 0 Å². The van der Waals surface area contributed by atoms with E-state index in [2.05, 4.69) is 17.0 Å². The number of nitrogens with one attached hydrogen (secondary N) is 1. The highest BCUT2D eigenvalue weighted by Gasteiger charge is 2.32. The summed E-state index contributed by atoms with van der Waals surface area (Å²) < 4.78 is 41.0. The van der Waals surface area contributed by atoms with Crippen molar-refractivity contribution in [1.29, 1.82) is 0 Å². The molecule has 0 aliphatic heterocycles. The molecule has 2 atom stereocenters. The summed E-state index contributed by atoms with van der Waals surface area (Å²) in [6.07, 6.45) is -0.248. The van der Waals surface area contributed by atoms with Crippen molar-refractivity contribution in [1.82, 2.24) is 0 Å². The number of benzene rings is 1. The lowest BCUT2D eigenvalue weighted by Crippen LogP contribution is -2.30. The molecule has 106 valence electrons. The number of hydrogen-bond acceptors (Lipinski definition) is 2. The fourth-order valence-corrected chi connectivity index (χ4v) is 2.53. The number of anilines is 1. The monoisotopic (exact) mass is 273 g/mol. The van der Waals surface area contributed by atoms with Crippen molar-refractivity contribution in [3.8, 4) is 5.75 Å². The number of ether oxygens (including phenoxy) is 1. The molecule has 2 rings (SSSR count). The van der Waals surface area contributed by atoms with Gasteiger partial charge in [-0.2, -0.15) is 0 Å². The summed E-state index contributed by atoms with van der Waals surface area (Å²) in [5.74, 6) is 0.306. The Morgan fingerprint density at radius 1 is 1.16 bits per heavy atom. The zero-order valence-electron chi connectivity index (χ0n) is 10.8. The molecule has 0 saturated heterocycles. The minimum absolute atomic E-state index is 0.159. The predicted octanol–water partition coefficient (Wildman–Crippen LogP) is 4.58. The van der Waals surface area contributed by atoms with Gasteiger partial charge in [-0.05, 0) is 30.9 Å². The third kappa shape index (κ3) is 4.04. The smallest absolute Gasteiger partial charge is 0.404 e. The molecule has 1 aromatic rings. The van der Waals surface area contributed by atoms with E-state index in [1.54, 1.807) is 12.1 Å². The molecule has 19 heavy (non-hydrogen) atoms. The van der Waals surface area contributed by atoms with Crippen LogP contribution in [0, 0.1) is 5.92 Å². The molecule has 1 aliphatic carbocycles. The molecule has 1 aliphatic rings. The lowest BCUT2D eigenvalue weighted by Gasteiger charge is -2.31. The Labute approximate surface area is 111 Å². The number of alkyl halides is 3.